The van der Waals surface area contributed by atoms with Crippen molar-refractivity contribution < 1.29 is 13.9 Å². The van der Waals surface area contributed by atoms with E-state index in [1.165, 1.54) is 6.07 Å². The molecule has 0 spiro atoms. The maximum atomic E-state index is 13.5. The van der Waals surface area contributed by atoms with Gasteiger partial charge in [0.2, 0.25) is 0 Å². The number of hydrogen-bond acceptors (Lipinski definition) is 3. The molecule has 1 saturated heterocycles. The first-order valence-corrected chi connectivity index (χ1v) is 7.15. The van der Waals surface area contributed by atoms with Crippen molar-refractivity contribution in [2.45, 2.75) is 13.0 Å². The minimum absolute atomic E-state index is 0.220. The summed E-state index contributed by atoms with van der Waals surface area (Å²) >= 11 is 0. The van der Waals surface area contributed by atoms with Crippen LogP contribution in [0.4, 0.5) is 14.9 Å². The fourth-order valence-electron chi connectivity index (χ4n) is 2.47. The predicted molar refractivity (Wildman–Crippen MR) is 79.9 cm³/mol. The molecule has 0 bridgehead atoms. The van der Waals surface area contributed by atoms with Crippen molar-refractivity contribution in [3.05, 3.63) is 30.1 Å². The molecule has 1 aromatic rings. The second-order valence-corrected chi connectivity index (χ2v) is 5.24. The lowest BCUT2D eigenvalue weighted by Gasteiger charge is -2.37. The number of carbonyl (C=O) groups is 1. The van der Waals surface area contributed by atoms with E-state index in [-0.39, 0.29) is 11.7 Å². The maximum Gasteiger partial charge on any atom is 0.322 e. The van der Waals surface area contributed by atoms with Crippen LogP contribution in [0.3, 0.4) is 0 Å². The van der Waals surface area contributed by atoms with Gasteiger partial charge in [-0.25, -0.2) is 9.18 Å². The minimum Gasteiger partial charge on any atom is -0.383 e. The lowest BCUT2D eigenvalue weighted by atomic mass is 10.2. The number of carbonyl (C=O) groups excluding carboxylic acids is 1. The van der Waals surface area contributed by atoms with Crippen LogP contribution in [-0.2, 0) is 4.74 Å². The second-order valence-electron chi connectivity index (χ2n) is 5.24. The minimum atomic E-state index is -0.418. The van der Waals surface area contributed by atoms with Crippen LogP contribution in [0.2, 0.25) is 0 Å². The molecule has 2 amide bonds. The number of rotatable bonds is 4. The summed E-state index contributed by atoms with van der Waals surface area (Å²) in [6.45, 7) is 5.66. The Morgan fingerprint density at radius 3 is 2.62 bits per heavy atom. The van der Waals surface area contributed by atoms with Gasteiger partial charge in [-0.2, -0.15) is 0 Å². The van der Waals surface area contributed by atoms with E-state index in [0.29, 0.717) is 25.7 Å². The van der Waals surface area contributed by atoms with Gasteiger partial charge in [0.15, 0.2) is 0 Å². The number of hydrogen-bond donors (Lipinski definition) is 1. The lowest BCUT2D eigenvalue weighted by Crippen LogP contribution is -2.53. The van der Waals surface area contributed by atoms with Gasteiger partial charge in [-0.05, 0) is 19.1 Å². The highest BCUT2D eigenvalue weighted by Crippen LogP contribution is 2.14. The fraction of sp³-hybridized carbons (Fsp3) is 0.533. The monoisotopic (exact) mass is 295 g/mol. The van der Waals surface area contributed by atoms with E-state index in [1.807, 2.05) is 0 Å². The van der Waals surface area contributed by atoms with Crippen molar-refractivity contribution in [2.24, 2.45) is 0 Å². The molecule has 1 heterocycles. The van der Waals surface area contributed by atoms with Gasteiger partial charge in [0.05, 0.1) is 12.3 Å². The molecule has 2 rings (SSSR count). The molecule has 116 valence electrons. The molecule has 1 atom stereocenters. The summed E-state index contributed by atoms with van der Waals surface area (Å²) in [5.74, 6) is -0.418. The lowest BCUT2D eigenvalue weighted by molar-refractivity contribution is 0.0680. The maximum absolute atomic E-state index is 13.5. The van der Waals surface area contributed by atoms with Crippen LogP contribution in [-0.4, -0.2) is 61.8 Å². The highest BCUT2D eigenvalue weighted by Gasteiger charge is 2.24. The third-order valence-corrected chi connectivity index (χ3v) is 3.75. The predicted octanol–water partition coefficient (Wildman–Crippen LogP) is 2.01. The Kier molecular flexibility index (Phi) is 5.52. The van der Waals surface area contributed by atoms with E-state index in [2.05, 4.69) is 17.1 Å². The molecular weight excluding hydrogens is 273 g/mol. The van der Waals surface area contributed by atoms with Crippen LogP contribution in [0, 0.1) is 5.82 Å². The summed E-state index contributed by atoms with van der Waals surface area (Å²) in [4.78, 5) is 16.1. The van der Waals surface area contributed by atoms with Gasteiger partial charge in [-0.3, -0.25) is 4.90 Å². The zero-order valence-electron chi connectivity index (χ0n) is 12.5. The average Bonchev–Trinajstić information content (AvgIpc) is 2.50. The molecule has 0 aliphatic carbocycles. The zero-order chi connectivity index (χ0) is 15.2. The summed E-state index contributed by atoms with van der Waals surface area (Å²) in [6.07, 6.45) is 0. The van der Waals surface area contributed by atoms with Crippen LogP contribution < -0.4 is 5.32 Å². The average molecular weight is 295 g/mol. The molecule has 1 aliphatic rings. The molecule has 0 radical (unpaired) electrons. The molecule has 5 nitrogen and oxygen atoms in total. The molecular formula is C15H22FN3O2. The number of para-hydroxylation sites is 1. The van der Waals surface area contributed by atoms with E-state index in [1.54, 1.807) is 30.2 Å². The molecule has 1 aliphatic heterocycles. The number of piperazine rings is 1. The van der Waals surface area contributed by atoms with Gasteiger partial charge >= 0.3 is 6.03 Å². The van der Waals surface area contributed by atoms with Crippen molar-refractivity contribution in [3.63, 3.8) is 0 Å². The molecule has 1 unspecified atom stereocenters. The van der Waals surface area contributed by atoms with Gasteiger partial charge < -0.3 is 15.0 Å². The first-order chi connectivity index (χ1) is 10.1. The van der Waals surface area contributed by atoms with E-state index in [4.69, 9.17) is 4.74 Å². The van der Waals surface area contributed by atoms with Gasteiger partial charge in [0, 0.05) is 39.3 Å². The number of benzene rings is 1. The summed E-state index contributed by atoms with van der Waals surface area (Å²) in [5.41, 5.74) is 0.220. The Morgan fingerprint density at radius 1 is 1.33 bits per heavy atom. The number of urea groups is 1. The Hall–Kier alpha value is -1.66. The molecule has 21 heavy (non-hydrogen) atoms. The Labute approximate surface area is 124 Å². The van der Waals surface area contributed by atoms with E-state index < -0.39 is 5.82 Å². The van der Waals surface area contributed by atoms with Crippen LogP contribution >= 0.6 is 0 Å². The normalized spacial score (nSPS) is 17.6. The summed E-state index contributed by atoms with van der Waals surface area (Å²) in [5, 5.41) is 2.62. The van der Waals surface area contributed by atoms with Crippen LogP contribution in [0.15, 0.2) is 24.3 Å². The van der Waals surface area contributed by atoms with Gasteiger partial charge in [0.25, 0.3) is 0 Å². The first kappa shape index (κ1) is 15.7. The SMILES string of the molecule is COCC(C)N1CCN(C(=O)Nc2ccccc2F)CC1. The highest BCUT2D eigenvalue weighted by atomic mass is 19.1. The third kappa shape index (κ3) is 4.15. The van der Waals surface area contributed by atoms with Gasteiger partial charge in [0.1, 0.15) is 5.82 Å². The number of amides is 2. The highest BCUT2D eigenvalue weighted by molar-refractivity contribution is 5.89. The quantitative estimate of drug-likeness (QED) is 0.924. The largest absolute Gasteiger partial charge is 0.383 e. The molecule has 1 fully saturated rings. The Balaban J connectivity index is 1.85. The van der Waals surface area contributed by atoms with Crippen molar-refractivity contribution in [2.75, 3.05) is 45.2 Å². The third-order valence-electron chi connectivity index (χ3n) is 3.75. The first-order valence-electron chi connectivity index (χ1n) is 7.15. The number of halogens is 1. The topological polar surface area (TPSA) is 44.8 Å². The summed E-state index contributed by atoms with van der Waals surface area (Å²) < 4.78 is 18.7. The summed E-state index contributed by atoms with van der Waals surface area (Å²) in [7, 11) is 1.69. The molecule has 1 N–H and O–H groups in total. The zero-order valence-corrected chi connectivity index (χ0v) is 12.5. The number of nitrogens with one attached hydrogen (secondary N) is 1. The van der Waals surface area contributed by atoms with Crippen LogP contribution in [0.1, 0.15) is 6.92 Å². The number of nitrogens with zero attached hydrogens (tertiary/aromatic N) is 2. The van der Waals surface area contributed by atoms with Gasteiger partial charge in [-0.15, -0.1) is 0 Å². The second kappa shape index (κ2) is 7.38. The summed E-state index contributed by atoms with van der Waals surface area (Å²) in [6, 6.07) is 6.28. The van der Waals surface area contributed by atoms with Crippen LogP contribution in [0.5, 0.6) is 0 Å². The molecule has 0 saturated carbocycles. The van der Waals surface area contributed by atoms with Crippen molar-refractivity contribution >= 4 is 11.7 Å². The van der Waals surface area contributed by atoms with Crippen LogP contribution in [0.25, 0.3) is 0 Å². The Bertz CT molecular complexity index is 476. The molecule has 1 aromatic carbocycles. The van der Waals surface area contributed by atoms with Crippen molar-refractivity contribution in [3.8, 4) is 0 Å². The number of methoxy groups -OCH3 is 1. The fourth-order valence-corrected chi connectivity index (χ4v) is 2.47. The molecule has 0 aromatic heterocycles. The van der Waals surface area contributed by atoms with E-state index in [0.717, 1.165) is 13.1 Å². The Morgan fingerprint density at radius 2 is 2.00 bits per heavy atom. The van der Waals surface area contributed by atoms with Crippen molar-refractivity contribution in [1.82, 2.24) is 9.80 Å². The van der Waals surface area contributed by atoms with Crippen molar-refractivity contribution in [1.29, 1.82) is 0 Å². The number of anilines is 1. The number of ether oxygens (including phenoxy) is 1. The molecule has 6 heteroatoms. The van der Waals surface area contributed by atoms with E-state index in [9.17, 15) is 9.18 Å². The standard InChI is InChI=1S/C15H22FN3O2/c1-12(11-21-2)18-7-9-19(10-8-18)15(20)17-14-6-4-3-5-13(14)16/h3-6,12H,7-11H2,1-2H3,(H,17,20). The van der Waals surface area contributed by atoms with Gasteiger partial charge in [-0.1, -0.05) is 12.1 Å². The smallest absolute Gasteiger partial charge is 0.322 e. The van der Waals surface area contributed by atoms with E-state index >= 15 is 0 Å².